The largest absolute Gasteiger partial charge is 0.491 e. The molecule has 29 heavy (non-hydrogen) atoms. The quantitative estimate of drug-likeness (QED) is 0.467. The van der Waals surface area contributed by atoms with Gasteiger partial charge in [-0.3, -0.25) is 0 Å². The molecule has 2 heterocycles. The summed E-state index contributed by atoms with van der Waals surface area (Å²) in [6, 6.07) is 12.5. The molecule has 4 rings (SSSR count). The van der Waals surface area contributed by atoms with Crippen LogP contribution in [0, 0.1) is 5.92 Å². The van der Waals surface area contributed by atoms with E-state index in [1.807, 2.05) is 32.0 Å². The van der Waals surface area contributed by atoms with Crippen LogP contribution in [-0.4, -0.2) is 50.8 Å². The Morgan fingerprint density at radius 3 is 2.90 bits per heavy atom. The van der Waals surface area contributed by atoms with Gasteiger partial charge in [0.2, 0.25) is 0 Å². The number of hydrogen-bond donors (Lipinski definition) is 1. The average Bonchev–Trinajstić information content (AvgIpc) is 2.96. The maximum atomic E-state index is 12.4. The van der Waals surface area contributed by atoms with Gasteiger partial charge in [-0.15, -0.1) is 4.40 Å². The number of benzene rings is 2. The van der Waals surface area contributed by atoms with E-state index < -0.39 is 17.1 Å². The fourth-order valence-corrected chi connectivity index (χ4v) is 4.69. The van der Waals surface area contributed by atoms with Gasteiger partial charge in [-0.2, -0.15) is 13.5 Å². The van der Waals surface area contributed by atoms with Crippen LogP contribution in [0.3, 0.4) is 0 Å². The molecule has 0 radical (unpaired) electrons. The van der Waals surface area contributed by atoms with Crippen LogP contribution in [0.2, 0.25) is 0 Å². The first-order chi connectivity index (χ1) is 13.8. The summed E-state index contributed by atoms with van der Waals surface area (Å²) in [5, 5.41) is 16.1. The van der Waals surface area contributed by atoms with E-state index in [0.29, 0.717) is 24.6 Å². The molecule has 0 unspecified atom stereocenters. The Kier molecular flexibility index (Phi) is 5.29. The molecule has 1 N–H and O–H groups in total. The third-order valence-electron chi connectivity index (χ3n) is 4.82. The van der Waals surface area contributed by atoms with Gasteiger partial charge >= 0.3 is 7.12 Å². The second kappa shape index (κ2) is 7.74. The number of amidine groups is 1. The van der Waals surface area contributed by atoms with Crippen LogP contribution >= 0.6 is 0 Å². The first kappa shape index (κ1) is 19.8. The first-order valence-electron chi connectivity index (χ1n) is 9.53. The van der Waals surface area contributed by atoms with Crippen LogP contribution in [0.4, 0.5) is 0 Å². The minimum Gasteiger partial charge on any atom is -0.423 e. The van der Waals surface area contributed by atoms with Crippen molar-refractivity contribution in [2.24, 2.45) is 15.4 Å². The zero-order chi connectivity index (χ0) is 20.6. The van der Waals surface area contributed by atoms with Crippen LogP contribution in [0.1, 0.15) is 30.5 Å². The lowest BCUT2D eigenvalue weighted by molar-refractivity contribution is 0.266. The number of rotatable bonds is 4. The molecule has 2 aromatic carbocycles. The highest BCUT2D eigenvalue weighted by Gasteiger charge is 2.32. The van der Waals surface area contributed by atoms with Crippen molar-refractivity contribution < 1.29 is 18.1 Å². The van der Waals surface area contributed by atoms with E-state index in [4.69, 9.17) is 4.65 Å². The molecule has 0 amide bonds. The summed E-state index contributed by atoms with van der Waals surface area (Å²) in [6.45, 7) is 5.08. The zero-order valence-electron chi connectivity index (χ0n) is 16.3. The molecule has 0 saturated carbocycles. The topological polar surface area (TPSA) is 91.6 Å². The van der Waals surface area contributed by atoms with Gasteiger partial charge in [0, 0.05) is 18.7 Å². The van der Waals surface area contributed by atoms with Crippen molar-refractivity contribution in [2.45, 2.75) is 25.2 Å². The van der Waals surface area contributed by atoms with Gasteiger partial charge in [-0.1, -0.05) is 44.2 Å². The van der Waals surface area contributed by atoms with Gasteiger partial charge in [0.25, 0.3) is 10.0 Å². The van der Waals surface area contributed by atoms with Crippen molar-refractivity contribution in [3.8, 4) is 0 Å². The van der Waals surface area contributed by atoms with Crippen LogP contribution in [0.5, 0.6) is 0 Å². The SMILES string of the molecule is CC(C)CN(/N=C/c1ccc2c(c1)CCOB2O)C1=NS(=O)(=O)c2ccccc21. The fraction of sp³-hybridized carbons (Fsp3) is 0.300. The van der Waals surface area contributed by atoms with Crippen LogP contribution in [0.15, 0.2) is 56.9 Å². The van der Waals surface area contributed by atoms with E-state index in [1.54, 1.807) is 35.5 Å². The van der Waals surface area contributed by atoms with Crippen LogP contribution in [0.25, 0.3) is 0 Å². The second-order valence-electron chi connectivity index (χ2n) is 7.54. The minimum atomic E-state index is -3.71. The lowest BCUT2D eigenvalue weighted by Gasteiger charge is -2.21. The molecule has 2 aliphatic heterocycles. The molecule has 150 valence electrons. The molecular weight excluding hydrogens is 389 g/mol. The summed E-state index contributed by atoms with van der Waals surface area (Å²) >= 11 is 0. The highest BCUT2D eigenvalue weighted by atomic mass is 32.2. The summed E-state index contributed by atoms with van der Waals surface area (Å²) < 4.78 is 34.1. The number of hydrazone groups is 1. The summed E-state index contributed by atoms with van der Waals surface area (Å²) in [5.41, 5.74) is 3.22. The Morgan fingerprint density at radius 1 is 1.31 bits per heavy atom. The summed E-state index contributed by atoms with van der Waals surface area (Å²) in [7, 11) is -4.60. The molecule has 2 aliphatic rings. The Morgan fingerprint density at radius 2 is 2.10 bits per heavy atom. The monoisotopic (exact) mass is 411 g/mol. The van der Waals surface area contributed by atoms with E-state index in [2.05, 4.69) is 9.50 Å². The summed E-state index contributed by atoms with van der Waals surface area (Å²) in [5.74, 6) is 0.591. The minimum absolute atomic E-state index is 0.210. The van der Waals surface area contributed by atoms with Crippen molar-refractivity contribution >= 4 is 34.7 Å². The highest BCUT2D eigenvalue weighted by molar-refractivity contribution is 7.90. The fourth-order valence-electron chi connectivity index (χ4n) is 3.48. The maximum Gasteiger partial charge on any atom is 0.491 e. The van der Waals surface area contributed by atoms with Crippen molar-refractivity contribution in [1.29, 1.82) is 0 Å². The number of sulfonamides is 1. The Labute approximate surface area is 170 Å². The zero-order valence-corrected chi connectivity index (χ0v) is 17.1. The van der Waals surface area contributed by atoms with E-state index in [1.165, 1.54) is 0 Å². The van der Waals surface area contributed by atoms with Gasteiger partial charge in [-0.25, -0.2) is 5.01 Å². The Balaban J connectivity index is 1.67. The van der Waals surface area contributed by atoms with Gasteiger partial charge in [-0.05, 0) is 41.1 Å². The van der Waals surface area contributed by atoms with Gasteiger partial charge < -0.3 is 9.68 Å². The number of nitrogens with zero attached hydrogens (tertiary/aromatic N) is 3. The third kappa shape index (κ3) is 3.98. The second-order valence-corrected chi connectivity index (χ2v) is 9.11. The third-order valence-corrected chi connectivity index (χ3v) is 6.15. The first-order valence-corrected chi connectivity index (χ1v) is 11.0. The average molecular weight is 411 g/mol. The lowest BCUT2D eigenvalue weighted by Crippen LogP contribution is -2.41. The van der Waals surface area contributed by atoms with Crippen molar-refractivity contribution in [2.75, 3.05) is 13.2 Å². The molecule has 0 aromatic heterocycles. The summed E-state index contributed by atoms with van der Waals surface area (Å²) in [6.07, 6.45) is 2.42. The molecular formula is C20H22BN3O4S. The number of hydrogen-bond acceptors (Lipinski definition) is 6. The molecule has 0 atom stereocenters. The normalized spacial score (nSPS) is 17.4. The van der Waals surface area contributed by atoms with E-state index >= 15 is 0 Å². The molecule has 0 saturated heterocycles. The van der Waals surface area contributed by atoms with Crippen molar-refractivity contribution in [1.82, 2.24) is 5.01 Å². The van der Waals surface area contributed by atoms with Crippen LogP contribution < -0.4 is 5.46 Å². The molecule has 0 aliphatic carbocycles. The predicted molar refractivity (Wildman–Crippen MR) is 113 cm³/mol. The predicted octanol–water partition coefficient (Wildman–Crippen LogP) is 1.39. The molecule has 2 aromatic rings. The molecule has 0 spiro atoms. The van der Waals surface area contributed by atoms with Crippen molar-refractivity contribution in [3.05, 3.63) is 59.2 Å². The number of fused-ring (bicyclic) bond motifs is 2. The highest BCUT2D eigenvalue weighted by Crippen LogP contribution is 2.28. The summed E-state index contributed by atoms with van der Waals surface area (Å²) in [4.78, 5) is 0.210. The van der Waals surface area contributed by atoms with Gasteiger partial charge in [0.15, 0.2) is 5.84 Å². The van der Waals surface area contributed by atoms with Gasteiger partial charge in [0.1, 0.15) is 4.90 Å². The Bertz CT molecular complexity index is 1100. The standard InChI is InChI=1S/C20H22BN3O4S/c1-14(2)13-24(20-17-5-3-4-6-19(17)29(26,27)23-20)22-12-15-7-8-18-16(11-15)9-10-28-21(18)25/h3-8,11-12,14,25H,9-10,13H2,1-2H3/b22-12+. The van der Waals surface area contributed by atoms with Crippen LogP contribution in [-0.2, 0) is 21.1 Å². The van der Waals surface area contributed by atoms with Gasteiger partial charge in [0.05, 0.1) is 6.21 Å². The maximum absolute atomic E-state index is 12.4. The van der Waals surface area contributed by atoms with E-state index in [0.717, 1.165) is 23.0 Å². The molecule has 0 bridgehead atoms. The molecule has 9 heteroatoms. The van der Waals surface area contributed by atoms with E-state index in [-0.39, 0.29) is 10.8 Å². The Hall–Kier alpha value is -2.49. The van der Waals surface area contributed by atoms with E-state index in [9.17, 15) is 13.4 Å². The molecule has 7 nitrogen and oxygen atoms in total. The lowest BCUT2D eigenvalue weighted by atomic mass is 9.73. The smallest absolute Gasteiger partial charge is 0.423 e. The molecule has 0 fully saturated rings. The van der Waals surface area contributed by atoms with Crippen molar-refractivity contribution in [3.63, 3.8) is 0 Å².